The standard InChI is InChI=1S/C14H15NS/c1-10(2)9-16-14-8-11(3)12-6-4-5-7-13(12)15-14/h4-8H,1,9H2,2-3H3. The number of aromatic nitrogens is 1. The van der Waals surface area contributed by atoms with Crippen molar-refractivity contribution < 1.29 is 0 Å². The van der Waals surface area contributed by atoms with Crippen molar-refractivity contribution in [3.8, 4) is 0 Å². The fourth-order valence-corrected chi connectivity index (χ4v) is 2.41. The first-order valence-corrected chi connectivity index (χ1v) is 6.29. The molecule has 0 fully saturated rings. The van der Waals surface area contributed by atoms with E-state index in [-0.39, 0.29) is 0 Å². The number of hydrogen-bond donors (Lipinski definition) is 0. The summed E-state index contributed by atoms with van der Waals surface area (Å²) in [4.78, 5) is 4.63. The summed E-state index contributed by atoms with van der Waals surface area (Å²) < 4.78 is 0. The van der Waals surface area contributed by atoms with Crippen molar-refractivity contribution in [3.05, 3.63) is 48.0 Å². The second kappa shape index (κ2) is 4.71. The zero-order chi connectivity index (χ0) is 11.5. The molecule has 0 saturated heterocycles. The van der Waals surface area contributed by atoms with Crippen LogP contribution in [0.25, 0.3) is 10.9 Å². The van der Waals surface area contributed by atoms with Gasteiger partial charge < -0.3 is 0 Å². The van der Waals surface area contributed by atoms with Crippen LogP contribution in [0.2, 0.25) is 0 Å². The van der Waals surface area contributed by atoms with Crippen LogP contribution in [0.5, 0.6) is 0 Å². The number of thioether (sulfide) groups is 1. The summed E-state index contributed by atoms with van der Waals surface area (Å²) in [5, 5.41) is 2.32. The maximum absolute atomic E-state index is 4.63. The Morgan fingerprint density at radius 3 is 2.88 bits per heavy atom. The minimum absolute atomic E-state index is 0.935. The molecule has 1 nitrogen and oxygen atoms in total. The van der Waals surface area contributed by atoms with E-state index < -0.39 is 0 Å². The molecule has 0 spiro atoms. The lowest BCUT2D eigenvalue weighted by atomic mass is 10.1. The van der Waals surface area contributed by atoms with Gasteiger partial charge in [0.05, 0.1) is 10.5 Å². The lowest BCUT2D eigenvalue weighted by molar-refractivity contribution is 1.17. The molecule has 0 radical (unpaired) electrons. The third kappa shape index (κ3) is 2.45. The zero-order valence-electron chi connectivity index (χ0n) is 9.66. The first-order chi connectivity index (χ1) is 7.66. The Balaban J connectivity index is 2.38. The van der Waals surface area contributed by atoms with Crippen LogP contribution in [0, 0.1) is 6.92 Å². The first kappa shape index (κ1) is 11.2. The Kier molecular flexibility index (Phi) is 3.30. The van der Waals surface area contributed by atoms with Crippen LogP contribution < -0.4 is 0 Å². The molecule has 0 bridgehead atoms. The number of benzene rings is 1. The van der Waals surface area contributed by atoms with E-state index >= 15 is 0 Å². The lowest BCUT2D eigenvalue weighted by Crippen LogP contribution is -1.88. The fraction of sp³-hybridized carbons (Fsp3) is 0.214. The van der Waals surface area contributed by atoms with Gasteiger partial charge in [-0.1, -0.05) is 30.4 Å². The highest BCUT2D eigenvalue weighted by atomic mass is 32.2. The Labute approximate surface area is 101 Å². The third-order valence-corrected chi connectivity index (χ3v) is 3.51. The van der Waals surface area contributed by atoms with Crippen LogP contribution in [0.3, 0.4) is 0 Å². The van der Waals surface area contributed by atoms with E-state index in [4.69, 9.17) is 0 Å². The van der Waals surface area contributed by atoms with Crippen LogP contribution in [0.15, 0.2) is 47.5 Å². The molecule has 16 heavy (non-hydrogen) atoms. The van der Waals surface area contributed by atoms with Crippen LogP contribution >= 0.6 is 11.8 Å². The number of aryl methyl sites for hydroxylation is 1. The third-order valence-electron chi connectivity index (χ3n) is 2.37. The van der Waals surface area contributed by atoms with E-state index in [1.165, 1.54) is 16.5 Å². The highest BCUT2D eigenvalue weighted by Gasteiger charge is 2.02. The molecule has 1 aromatic heterocycles. The van der Waals surface area contributed by atoms with Gasteiger partial charge in [0.25, 0.3) is 0 Å². The van der Waals surface area contributed by atoms with Crippen molar-refractivity contribution in [2.75, 3.05) is 5.75 Å². The zero-order valence-corrected chi connectivity index (χ0v) is 10.5. The maximum atomic E-state index is 4.63. The SMILES string of the molecule is C=C(C)CSc1cc(C)c2ccccc2n1. The fourth-order valence-electron chi connectivity index (χ4n) is 1.59. The van der Waals surface area contributed by atoms with Crippen molar-refractivity contribution in [3.63, 3.8) is 0 Å². The Morgan fingerprint density at radius 1 is 1.38 bits per heavy atom. The van der Waals surface area contributed by atoms with Gasteiger partial charge in [0.15, 0.2) is 0 Å². The molecule has 0 aliphatic heterocycles. The number of pyridine rings is 1. The molecule has 1 heterocycles. The van der Waals surface area contributed by atoms with E-state index in [0.29, 0.717) is 0 Å². The molecule has 2 aromatic rings. The molecule has 0 N–H and O–H groups in total. The maximum Gasteiger partial charge on any atom is 0.0973 e. The Morgan fingerprint density at radius 2 is 2.12 bits per heavy atom. The van der Waals surface area contributed by atoms with Crippen molar-refractivity contribution in [2.24, 2.45) is 0 Å². The molecule has 1 aromatic carbocycles. The number of rotatable bonds is 3. The molecule has 0 atom stereocenters. The summed E-state index contributed by atoms with van der Waals surface area (Å²) in [5.41, 5.74) is 3.54. The van der Waals surface area contributed by atoms with Gasteiger partial charge >= 0.3 is 0 Å². The average Bonchev–Trinajstić information content (AvgIpc) is 2.26. The number of para-hydroxylation sites is 1. The van der Waals surface area contributed by atoms with Crippen LogP contribution in [0.4, 0.5) is 0 Å². The Bertz CT molecular complexity index is 531. The summed E-state index contributed by atoms with van der Waals surface area (Å²) in [7, 11) is 0. The van der Waals surface area contributed by atoms with Gasteiger partial charge in [0.2, 0.25) is 0 Å². The summed E-state index contributed by atoms with van der Waals surface area (Å²) in [5.74, 6) is 0.935. The van der Waals surface area contributed by atoms with E-state index in [1.807, 2.05) is 13.0 Å². The van der Waals surface area contributed by atoms with Gasteiger partial charge in [0, 0.05) is 11.1 Å². The smallest absolute Gasteiger partial charge is 0.0973 e. The predicted octanol–water partition coefficient (Wildman–Crippen LogP) is 4.21. The molecule has 0 unspecified atom stereocenters. The van der Waals surface area contributed by atoms with E-state index in [1.54, 1.807) is 11.8 Å². The highest BCUT2D eigenvalue weighted by Crippen LogP contribution is 2.24. The summed E-state index contributed by atoms with van der Waals surface area (Å²) in [6.07, 6.45) is 0. The second-order valence-corrected chi connectivity index (χ2v) is 5.04. The summed E-state index contributed by atoms with van der Waals surface area (Å²) in [6, 6.07) is 10.4. The van der Waals surface area contributed by atoms with E-state index in [2.05, 4.69) is 42.8 Å². The van der Waals surface area contributed by atoms with Crippen LogP contribution in [-0.4, -0.2) is 10.7 Å². The van der Waals surface area contributed by atoms with Crippen molar-refractivity contribution in [1.82, 2.24) is 4.98 Å². The molecule has 82 valence electrons. The van der Waals surface area contributed by atoms with Crippen molar-refractivity contribution in [1.29, 1.82) is 0 Å². The first-order valence-electron chi connectivity index (χ1n) is 5.30. The van der Waals surface area contributed by atoms with Gasteiger partial charge in [-0.3, -0.25) is 0 Å². The minimum atomic E-state index is 0.935. The number of fused-ring (bicyclic) bond motifs is 1. The van der Waals surface area contributed by atoms with Crippen molar-refractivity contribution >= 4 is 22.7 Å². The molecule has 0 saturated carbocycles. The Hall–Kier alpha value is -1.28. The van der Waals surface area contributed by atoms with Gasteiger partial charge in [-0.15, -0.1) is 11.8 Å². The normalized spacial score (nSPS) is 10.6. The molecule has 2 heteroatoms. The highest BCUT2D eigenvalue weighted by molar-refractivity contribution is 7.99. The van der Waals surface area contributed by atoms with Crippen molar-refractivity contribution in [2.45, 2.75) is 18.9 Å². The van der Waals surface area contributed by atoms with Crippen LogP contribution in [0.1, 0.15) is 12.5 Å². The van der Waals surface area contributed by atoms with E-state index in [9.17, 15) is 0 Å². The number of hydrogen-bond acceptors (Lipinski definition) is 2. The molecule has 2 rings (SSSR count). The summed E-state index contributed by atoms with van der Waals surface area (Å²) in [6.45, 7) is 8.08. The van der Waals surface area contributed by atoms with Gasteiger partial charge in [-0.05, 0) is 31.5 Å². The minimum Gasteiger partial charge on any atom is -0.241 e. The second-order valence-electron chi connectivity index (χ2n) is 4.04. The molecular weight excluding hydrogens is 214 g/mol. The van der Waals surface area contributed by atoms with Gasteiger partial charge in [-0.25, -0.2) is 4.98 Å². The molecular formula is C14H15NS. The molecule has 0 aliphatic carbocycles. The predicted molar refractivity (Wildman–Crippen MR) is 72.0 cm³/mol. The average molecular weight is 229 g/mol. The number of nitrogens with zero attached hydrogens (tertiary/aromatic N) is 1. The van der Waals surface area contributed by atoms with Crippen LogP contribution in [-0.2, 0) is 0 Å². The topological polar surface area (TPSA) is 12.9 Å². The largest absolute Gasteiger partial charge is 0.241 e. The quantitative estimate of drug-likeness (QED) is 0.577. The van der Waals surface area contributed by atoms with E-state index in [0.717, 1.165) is 16.3 Å². The van der Waals surface area contributed by atoms with Gasteiger partial charge in [0.1, 0.15) is 0 Å². The lowest BCUT2D eigenvalue weighted by Gasteiger charge is -2.05. The molecule has 0 amide bonds. The summed E-state index contributed by atoms with van der Waals surface area (Å²) >= 11 is 1.75. The monoisotopic (exact) mass is 229 g/mol. The molecule has 0 aliphatic rings. The van der Waals surface area contributed by atoms with Gasteiger partial charge in [-0.2, -0.15) is 0 Å².